The Morgan fingerprint density at radius 2 is 1.62 bits per heavy atom. The summed E-state index contributed by atoms with van der Waals surface area (Å²) in [5, 5.41) is 22.2. The van der Waals surface area contributed by atoms with Gasteiger partial charge in [0.25, 0.3) is 0 Å². The number of nitrogens with one attached hydrogen (secondary N) is 2. The number of carboxylic acids is 1. The molecular formula is C10H20N2O4. The first-order chi connectivity index (χ1) is 7.51. The molecule has 16 heavy (non-hydrogen) atoms. The molecule has 1 atom stereocenters. The highest BCUT2D eigenvalue weighted by atomic mass is 16.4. The van der Waals surface area contributed by atoms with E-state index in [0.29, 0.717) is 12.5 Å². The molecule has 0 aliphatic carbocycles. The number of carbonyl (C=O) groups excluding carboxylic acids is 1. The zero-order valence-electron chi connectivity index (χ0n) is 9.69. The van der Waals surface area contributed by atoms with Gasteiger partial charge in [-0.15, -0.1) is 0 Å². The zero-order valence-corrected chi connectivity index (χ0v) is 9.69. The van der Waals surface area contributed by atoms with Gasteiger partial charge >= 0.3 is 12.0 Å². The second-order valence-electron chi connectivity index (χ2n) is 3.63. The van der Waals surface area contributed by atoms with Crippen LogP contribution in [-0.4, -0.2) is 41.4 Å². The van der Waals surface area contributed by atoms with Crippen LogP contribution in [0.5, 0.6) is 0 Å². The Balaban J connectivity index is 3.70. The molecule has 0 aliphatic heterocycles. The molecule has 0 unspecified atom stereocenters. The van der Waals surface area contributed by atoms with Crippen LogP contribution in [-0.2, 0) is 4.79 Å². The summed E-state index contributed by atoms with van der Waals surface area (Å²) in [4.78, 5) is 21.4. The fraction of sp³-hybridized carbons (Fsp3) is 0.800. The summed E-state index contributed by atoms with van der Waals surface area (Å²) in [6, 6.07) is -0.452. The first-order valence-corrected chi connectivity index (χ1v) is 5.43. The molecular weight excluding hydrogens is 212 g/mol. The lowest BCUT2D eigenvalue weighted by Crippen LogP contribution is -2.43. The molecule has 0 bridgehead atoms. The van der Waals surface area contributed by atoms with Crippen LogP contribution >= 0.6 is 0 Å². The third-order valence-corrected chi connectivity index (χ3v) is 2.45. The van der Waals surface area contributed by atoms with Crippen molar-refractivity contribution in [2.24, 2.45) is 5.92 Å². The first kappa shape index (κ1) is 14.7. The number of carbonyl (C=O) groups is 2. The third-order valence-electron chi connectivity index (χ3n) is 2.45. The van der Waals surface area contributed by atoms with Crippen molar-refractivity contribution in [3.8, 4) is 0 Å². The molecule has 0 aromatic rings. The van der Waals surface area contributed by atoms with Gasteiger partial charge in [-0.2, -0.15) is 0 Å². The van der Waals surface area contributed by atoms with E-state index in [1.165, 1.54) is 0 Å². The van der Waals surface area contributed by atoms with Crippen LogP contribution in [0.15, 0.2) is 0 Å². The van der Waals surface area contributed by atoms with Crippen molar-refractivity contribution in [3.05, 3.63) is 0 Å². The van der Waals surface area contributed by atoms with Crippen LogP contribution in [0.2, 0.25) is 0 Å². The summed E-state index contributed by atoms with van der Waals surface area (Å²) in [6.45, 7) is 4.36. The Morgan fingerprint density at radius 1 is 1.12 bits per heavy atom. The van der Waals surface area contributed by atoms with Crippen molar-refractivity contribution in [2.45, 2.75) is 32.8 Å². The Kier molecular flexibility index (Phi) is 7.28. The van der Waals surface area contributed by atoms with E-state index in [9.17, 15) is 9.59 Å². The van der Waals surface area contributed by atoms with Gasteiger partial charge in [0.05, 0.1) is 6.54 Å². The highest BCUT2D eigenvalue weighted by Gasteiger charge is 2.14. The summed E-state index contributed by atoms with van der Waals surface area (Å²) in [7, 11) is 0. The largest absolute Gasteiger partial charge is 0.479 e. The van der Waals surface area contributed by atoms with E-state index in [1.807, 2.05) is 13.8 Å². The van der Waals surface area contributed by atoms with E-state index in [1.54, 1.807) is 0 Å². The van der Waals surface area contributed by atoms with Gasteiger partial charge in [-0.1, -0.05) is 26.7 Å². The first-order valence-electron chi connectivity index (χ1n) is 5.43. The minimum absolute atomic E-state index is 0.288. The predicted octanol–water partition coefficient (Wildman–Crippen LogP) is 0.167. The lowest BCUT2D eigenvalue weighted by Gasteiger charge is -2.14. The highest BCUT2D eigenvalue weighted by Crippen LogP contribution is 2.04. The molecule has 0 spiro atoms. The number of amides is 2. The Hall–Kier alpha value is -1.30. The van der Waals surface area contributed by atoms with Crippen molar-refractivity contribution in [3.63, 3.8) is 0 Å². The van der Waals surface area contributed by atoms with Crippen molar-refractivity contribution < 1.29 is 19.8 Å². The molecule has 0 aromatic heterocycles. The topological polar surface area (TPSA) is 98.7 Å². The summed E-state index contributed by atoms with van der Waals surface area (Å²) in [6.07, 6.45) is 0.405. The summed E-state index contributed by atoms with van der Waals surface area (Å²) < 4.78 is 0. The van der Waals surface area contributed by atoms with E-state index in [-0.39, 0.29) is 6.54 Å². The standard InChI is InChI=1S/C10H20N2O4/c1-3-7(4-2)5-11-10(16)12-6-8(13)9(14)15/h7-8,13H,3-6H2,1-2H3,(H,14,15)(H2,11,12,16)/t8-/m0/s1. The number of aliphatic hydroxyl groups excluding tert-OH is 1. The maximum atomic E-state index is 11.2. The second kappa shape index (κ2) is 7.92. The van der Waals surface area contributed by atoms with E-state index in [2.05, 4.69) is 10.6 Å². The molecule has 0 aliphatic rings. The van der Waals surface area contributed by atoms with Crippen LogP contribution in [0.3, 0.4) is 0 Å². The Labute approximate surface area is 95.0 Å². The monoisotopic (exact) mass is 232 g/mol. The molecule has 0 fully saturated rings. The molecule has 0 aromatic carbocycles. The molecule has 6 heteroatoms. The van der Waals surface area contributed by atoms with Gasteiger partial charge in [0.2, 0.25) is 0 Å². The van der Waals surface area contributed by atoms with Gasteiger partial charge in [0.15, 0.2) is 6.10 Å². The molecule has 0 heterocycles. The van der Waals surface area contributed by atoms with E-state index < -0.39 is 18.1 Å². The average Bonchev–Trinajstić information content (AvgIpc) is 2.27. The minimum atomic E-state index is -1.56. The molecule has 0 saturated carbocycles. The van der Waals surface area contributed by atoms with Crippen molar-refractivity contribution in [1.29, 1.82) is 0 Å². The molecule has 4 N–H and O–H groups in total. The number of aliphatic hydroxyl groups is 1. The maximum Gasteiger partial charge on any atom is 0.334 e. The van der Waals surface area contributed by atoms with E-state index in [0.717, 1.165) is 12.8 Å². The van der Waals surface area contributed by atoms with Crippen LogP contribution in [0.1, 0.15) is 26.7 Å². The molecule has 0 rings (SSSR count). The van der Waals surface area contributed by atoms with Crippen LogP contribution < -0.4 is 10.6 Å². The van der Waals surface area contributed by atoms with Gasteiger partial charge in [-0.05, 0) is 5.92 Å². The molecule has 94 valence electrons. The minimum Gasteiger partial charge on any atom is -0.479 e. The van der Waals surface area contributed by atoms with Crippen molar-refractivity contribution in [2.75, 3.05) is 13.1 Å². The van der Waals surface area contributed by atoms with Crippen LogP contribution in [0.4, 0.5) is 4.79 Å². The third kappa shape index (κ3) is 6.23. The molecule has 0 radical (unpaired) electrons. The van der Waals surface area contributed by atoms with Crippen molar-refractivity contribution >= 4 is 12.0 Å². The maximum absolute atomic E-state index is 11.2. The molecule has 0 saturated heterocycles. The molecule has 6 nitrogen and oxygen atoms in total. The fourth-order valence-corrected chi connectivity index (χ4v) is 1.15. The summed E-state index contributed by atoms with van der Waals surface area (Å²) >= 11 is 0. The quantitative estimate of drug-likeness (QED) is 0.502. The highest BCUT2D eigenvalue weighted by molar-refractivity contribution is 5.76. The number of aliphatic carboxylic acids is 1. The lowest BCUT2D eigenvalue weighted by molar-refractivity contribution is -0.146. The van der Waals surface area contributed by atoms with Gasteiger partial charge in [0, 0.05) is 6.54 Å². The van der Waals surface area contributed by atoms with E-state index in [4.69, 9.17) is 10.2 Å². The number of carboxylic acid groups (broad SMARTS) is 1. The molecule has 2 amide bonds. The van der Waals surface area contributed by atoms with Crippen molar-refractivity contribution in [1.82, 2.24) is 10.6 Å². The second-order valence-corrected chi connectivity index (χ2v) is 3.63. The van der Waals surface area contributed by atoms with Crippen LogP contribution in [0.25, 0.3) is 0 Å². The lowest BCUT2D eigenvalue weighted by atomic mass is 10.0. The van der Waals surface area contributed by atoms with E-state index >= 15 is 0 Å². The summed E-state index contributed by atoms with van der Waals surface area (Å²) in [5.74, 6) is -0.921. The number of urea groups is 1. The Bertz CT molecular complexity index is 229. The van der Waals surface area contributed by atoms with Gasteiger partial charge < -0.3 is 20.8 Å². The van der Waals surface area contributed by atoms with Gasteiger partial charge in [0.1, 0.15) is 0 Å². The Morgan fingerprint density at radius 3 is 2.06 bits per heavy atom. The normalized spacial score (nSPS) is 12.2. The smallest absolute Gasteiger partial charge is 0.334 e. The fourth-order valence-electron chi connectivity index (χ4n) is 1.15. The van der Waals surface area contributed by atoms with Gasteiger partial charge in [-0.25, -0.2) is 9.59 Å². The average molecular weight is 232 g/mol. The SMILES string of the molecule is CCC(CC)CNC(=O)NC[C@H](O)C(=O)O. The van der Waals surface area contributed by atoms with Crippen LogP contribution in [0, 0.1) is 5.92 Å². The zero-order chi connectivity index (χ0) is 12.6. The number of hydrogen-bond acceptors (Lipinski definition) is 3. The summed E-state index contributed by atoms with van der Waals surface area (Å²) in [5.41, 5.74) is 0. The number of hydrogen-bond donors (Lipinski definition) is 4. The number of rotatable bonds is 7. The van der Waals surface area contributed by atoms with Gasteiger partial charge in [-0.3, -0.25) is 0 Å². The predicted molar refractivity (Wildman–Crippen MR) is 59.1 cm³/mol.